The predicted molar refractivity (Wildman–Crippen MR) is 132 cm³/mol. The molecule has 0 atom stereocenters. The van der Waals surface area contributed by atoms with Gasteiger partial charge in [-0.05, 0) is 44.0 Å². The van der Waals surface area contributed by atoms with Gasteiger partial charge in [0.2, 0.25) is 0 Å². The lowest BCUT2D eigenvalue weighted by Gasteiger charge is -2.12. The number of hydrogen-bond donors (Lipinski definition) is 0. The molecule has 2 aromatic carbocycles. The fraction of sp³-hybridized carbons (Fsp3) is 0.348. The molecule has 0 radical (unpaired) electrons. The molecule has 5 nitrogen and oxygen atoms in total. The molecule has 0 heterocycles. The summed E-state index contributed by atoms with van der Waals surface area (Å²) in [4.78, 5) is 5.28. The summed E-state index contributed by atoms with van der Waals surface area (Å²) < 4.78 is 17.0. The number of hydrogen-bond acceptors (Lipinski definition) is 5. The maximum Gasteiger partial charge on any atom is 0.157 e. The van der Waals surface area contributed by atoms with Crippen molar-refractivity contribution in [1.29, 1.82) is 0 Å². The molecular weight excluding hydrogens is 496 g/mol. The molecule has 0 saturated heterocycles. The molecule has 0 spiro atoms. The van der Waals surface area contributed by atoms with Crippen molar-refractivity contribution >= 4 is 52.1 Å². The van der Waals surface area contributed by atoms with Crippen molar-refractivity contribution in [2.24, 2.45) is 5.16 Å². The van der Waals surface area contributed by atoms with Crippen LogP contribution in [0, 0.1) is 0 Å². The third-order valence-electron chi connectivity index (χ3n) is 3.93. The van der Waals surface area contributed by atoms with Crippen LogP contribution in [0.3, 0.4) is 0 Å². The first-order valence-electron chi connectivity index (χ1n) is 9.96. The first kappa shape index (κ1) is 26.6. The highest BCUT2D eigenvalue weighted by Crippen LogP contribution is 2.37. The molecule has 0 unspecified atom stereocenters. The molecule has 0 aliphatic rings. The lowest BCUT2D eigenvalue weighted by Crippen LogP contribution is -2.06. The Kier molecular flexibility index (Phi) is 12.1. The van der Waals surface area contributed by atoms with E-state index in [1.54, 1.807) is 12.1 Å². The molecule has 0 aliphatic heterocycles. The fourth-order valence-corrected chi connectivity index (χ4v) is 3.15. The number of nitrogens with zero attached hydrogens (tertiary/aromatic N) is 1. The first-order chi connectivity index (χ1) is 15.3. The average molecular weight is 521 g/mol. The molecule has 2 aromatic rings. The van der Waals surface area contributed by atoms with Crippen LogP contribution >= 0.6 is 46.4 Å². The fourth-order valence-electron chi connectivity index (χ4n) is 2.45. The van der Waals surface area contributed by atoms with E-state index in [9.17, 15) is 0 Å². The van der Waals surface area contributed by atoms with E-state index in [4.69, 9.17) is 65.5 Å². The lowest BCUT2D eigenvalue weighted by molar-refractivity contribution is 0.122. The van der Waals surface area contributed by atoms with E-state index in [1.165, 1.54) is 6.08 Å². The zero-order chi connectivity index (χ0) is 23.3. The van der Waals surface area contributed by atoms with Crippen LogP contribution in [0.1, 0.15) is 25.8 Å². The third-order valence-corrected chi connectivity index (χ3v) is 4.80. The van der Waals surface area contributed by atoms with Crippen molar-refractivity contribution in [3.05, 3.63) is 62.6 Å². The van der Waals surface area contributed by atoms with Gasteiger partial charge in [0.25, 0.3) is 0 Å². The maximum absolute atomic E-state index is 6.25. The zero-order valence-corrected chi connectivity index (χ0v) is 20.9. The highest BCUT2D eigenvalue weighted by molar-refractivity contribution is 6.55. The quantitative estimate of drug-likeness (QED) is 0.156. The summed E-state index contributed by atoms with van der Waals surface area (Å²) in [5.41, 5.74) is 2.03. The Morgan fingerprint density at radius 1 is 0.906 bits per heavy atom. The monoisotopic (exact) mass is 519 g/mol. The summed E-state index contributed by atoms with van der Waals surface area (Å²) in [6.07, 6.45) is 3.02. The van der Waals surface area contributed by atoms with E-state index in [0.29, 0.717) is 53.5 Å². The minimum Gasteiger partial charge on any atom is -0.490 e. The summed E-state index contributed by atoms with van der Waals surface area (Å²) >= 11 is 23.6. The molecule has 0 amide bonds. The van der Waals surface area contributed by atoms with Crippen molar-refractivity contribution < 1.29 is 19.0 Å². The maximum atomic E-state index is 6.25. The second-order valence-corrected chi connectivity index (χ2v) is 8.68. The highest BCUT2D eigenvalue weighted by Gasteiger charge is 2.10. The Morgan fingerprint density at radius 3 is 2.22 bits per heavy atom. The Bertz CT molecular complexity index is 886. The van der Waals surface area contributed by atoms with Crippen molar-refractivity contribution in [2.75, 3.05) is 26.4 Å². The van der Waals surface area contributed by atoms with Crippen LogP contribution in [0.15, 0.2) is 52.1 Å². The molecule has 0 saturated carbocycles. The van der Waals surface area contributed by atoms with Crippen LogP contribution < -0.4 is 14.3 Å². The minimum atomic E-state index is 0.129. The molecule has 0 bridgehead atoms. The lowest BCUT2D eigenvalue weighted by atomic mass is 10.1. The predicted octanol–water partition coefficient (Wildman–Crippen LogP) is 7.49. The van der Waals surface area contributed by atoms with E-state index in [0.717, 1.165) is 17.7 Å². The van der Waals surface area contributed by atoms with Gasteiger partial charge in [-0.25, -0.2) is 0 Å². The summed E-state index contributed by atoms with van der Waals surface area (Å²) in [5.74, 6) is 1.62. The molecule has 0 aromatic heterocycles. The standard InChI is InChI=1S/C23H25Cl4NO4/c1-16(2)28-32-18-6-4-17(5-7-18)8-12-29-10-3-11-31-23-20(24)14-19(15-21(23)25)30-13-9-22(26)27/h4-7,9,14-15H,3,8,10-13H2,1-2H3. The summed E-state index contributed by atoms with van der Waals surface area (Å²) in [6.45, 7) is 5.57. The van der Waals surface area contributed by atoms with Crippen molar-refractivity contribution in [1.82, 2.24) is 0 Å². The topological polar surface area (TPSA) is 49.3 Å². The number of halogens is 4. The van der Waals surface area contributed by atoms with Gasteiger partial charge in [-0.2, -0.15) is 0 Å². The summed E-state index contributed by atoms with van der Waals surface area (Å²) in [7, 11) is 0. The Labute approximate surface area is 208 Å². The van der Waals surface area contributed by atoms with Gasteiger partial charge in [0.1, 0.15) is 16.8 Å². The largest absolute Gasteiger partial charge is 0.490 e. The van der Waals surface area contributed by atoms with Crippen LogP contribution in [-0.4, -0.2) is 32.1 Å². The third kappa shape index (κ3) is 10.3. The van der Waals surface area contributed by atoms with E-state index in [1.807, 2.05) is 38.1 Å². The number of ether oxygens (including phenoxy) is 3. The summed E-state index contributed by atoms with van der Waals surface area (Å²) in [6, 6.07) is 11.0. The Balaban J connectivity index is 1.65. The number of oxime groups is 1. The van der Waals surface area contributed by atoms with Gasteiger partial charge < -0.3 is 19.0 Å². The Morgan fingerprint density at radius 2 is 1.59 bits per heavy atom. The van der Waals surface area contributed by atoms with Gasteiger partial charge in [-0.3, -0.25) is 0 Å². The molecule has 32 heavy (non-hydrogen) atoms. The molecule has 0 fully saturated rings. The normalized spacial score (nSPS) is 10.4. The van der Waals surface area contributed by atoms with Gasteiger partial charge in [0.05, 0.1) is 29.0 Å². The van der Waals surface area contributed by atoms with E-state index in [2.05, 4.69) is 5.16 Å². The van der Waals surface area contributed by atoms with Crippen LogP contribution in [0.25, 0.3) is 0 Å². The Hall–Kier alpha value is -1.63. The molecule has 174 valence electrons. The SMILES string of the molecule is CC(C)=NOc1ccc(CCOCCCOc2c(Cl)cc(OCC=C(Cl)Cl)cc2Cl)cc1. The number of benzene rings is 2. The van der Waals surface area contributed by atoms with Crippen LogP contribution in [0.5, 0.6) is 17.2 Å². The smallest absolute Gasteiger partial charge is 0.157 e. The van der Waals surface area contributed by atoms with Gasteiger partial charge in [0.15, 0.2) is 11.5 Å². The second kappa shape index (κ2) is 14.5. The van der Waals surface area contributed by atoms with Crippen molar-refractivity contribution in [3.8, 4) is 17.2 Å². The first-order valence-corrected chi connectivity index (χ1v) is 11.5. The summed E-state index contributed by atoms with van der Waals surface area (Å²) in [5, 5.41) is 4.65. The van der Waals surface area contributed by atoms with Gasteiger partial charge in [-0.1, -0.05) is 63.7 Å². The molecule has 9 heteroatoms. The average Bonchev–Trinajstić information content (AvgIpc) is 2.73. The second-order valence-electron chi connectivity index (χ2n) is 6.86. The van der Waals surface area contributed by atoms with Crippen molar-refractivity contribution in [3.63, 3.8) is 0 Å². The van der Waals surface area contributed by atoms with Gasteiger partial charge in [0, 0.05) is 25.2 Å². The van der Waals surface area contributed by atoms with E-state index in [-0.39, 0.29) is 11.1 Å². The van der Waals surface area contributed by atoms with Crippen LogP contribution in [-0.2, 0) is 11.2 Å². The molecule has 0 N–H and O–H groups in total. The zero-order valence-electron chi connectivity index (χ0n) is 17.9. The van der Waals surface area contributed by atoms with E-state index >= 15 is 0 Å². The highest BCUT2D eigenvalue weighted by atomic mass is 35.5. The molecule has 0 aliphatic carbocycles. The molecule has 2 rings (SSSR count). The molecular formula is C23H25Cl4NO4. The van der Waals surface area contributed by atoms with E-state index < -0.39 is 0 Å². The van der Waals surface area contributed by atoms with Gasteiger partial charge in [-0.15, -0.1) is 0 Å². The van der Waals surface area contributed by atoms with Gasteiger partial charge >= 0.3 is 0 Å². The van der Waals surface area contributed by atoms with Crippen LogP contribution in [0.2, 0.25) is 10.0 Å². The van der Waals surface area contributed by atoms with Crippen LogP contribution in [0.4, 0.5) is 0 Å². The number of rotatable bonds is 13. The van der Waals surface area contributed by atoms with Crippen molar-refractivity contribution in [2.45, 2.75) is 26.7 Å². The minimum absolute atomic E-state index is 0.129.